The lowest BCUT2D eigenvalue weighted by Gasteiger charge is -2.20. The lowest BCUT2D eigenvalue weighted by atomic mass is 10.2. The SMILES string of the molecule is CCCNC(=O)CN(C)c1ncc(CNC)cc1C. The number of hydrogen-bond acceptors (Lipinski definition) is 4. The Kier molecular flexibility index (Phi) is 6.29. The summed E-state index contributed by atoms with van der Waals surface area (Å²) in [7, 11) is 3.80. The maximum absolute atomic E-state index is 11.7. The fourth-order valence-electron chi connectivity index (χ4n) is 1.94. The molecule has 19 heavy (non-hydrogen) atoms. The van der Waals surface area contributed by atoms with Gasteiger partial charge >= 0.3 is 0 Å². The highest BCUT2D eigenvalue weighted by atomic mass is 16.2. The molecular weight excluding hydrogens is 240 g/mol. The van der Waals surface area contributed by atoms with Crippen molar-refractivity contribution in [3.05, 3.63) is 23.4 Å². The topological polar surface area (TPSA) is 57.3 Å². The van der Waals surface area contributed by atoms with Gasteiger partial charge in [0.2, 0.25) is 5.91 Å². The van der Waals surface area contributed by atoms with Crippen LogP contribution in [0.4, 0.5) is 5.82 Å². The van der Waals surface area contributed by atoms with Gasteiger partial charge in [-0.15, -0.1) is 0 Å². The molecule has 2 N–H and O–H groups in total. The number of nitrogens with one attached hydrogen (secondary N) is 2. The Morgan fingerprint density at radius 3 is 2.79 bits per heavy atom. The van der Waals surface area contributed by atoms with Crippen LogP contribution in [0.3, 0.4) is 0 Å². The second-order valence-electron chi connectivity index (χ2n) is 4.72. The number of carbonyl (C=O) groups excluding carboxylic acids is 1. The number of aromatic nitrogens is 1. The molecule has 1 amide bonds. The van der Waals surface area contributed by atoms with E-state index in [2.05, 4.69) is 21.7 Å². The first-order valence-corrected chi connectivity index (χ1v) is 6.66. The van der Waals surface area contributed by atoms with E-state index in [1.54, 1.807) is 0 Å². The zero-order valence-electron chi connectivity index (χ0n) is 12.3. The summed E-state index contributed by atoms with van der Waals surface area (Å²) in [5.41, 5.74) is 2.23. The molecule has 1 aromatic heterocycles. The average Bonchev–Trinajstić information content (AvgIpc) is 2.36. The summed E-state index contributed by atoms with van der Waals surface area (Å²) in [5, 5.41) is 5.96. The van der Waals surface area contributed by atoms with Crippen LogP contribution in [-0.4, -0.2) is 38.1 Å². The Hall–Kier alpha value is -1.62. The molecule has 0 fully saturated rings. The van der Waals surface area contributed by atoms with Gasteiger partial charge < -0.3 is 15.5 Å². The zero-order chi connectivity index (χ0) is 14.3. The van der Waals surface area contributed by atoms with Crippen molar-refractivity contribution < 1.29 is 4.79 Å². The third-order valence-electron chi connectivity index (χ3n) is 2.80. The van der Waals surface area contributed by atoms with Gasteiger partial charge in [0.1, 0.15) is 5.82 Å². The summed E-state index contributed by atoms with van der Waals surface area (Å²) in [4.78, 5) is 18.0. The third kappa shape index (κ3) is 4.87. The van der Waals surface area contributed by atoms with Crippen molar-refractivity contribution in [2.45, 2.75) is 26.8 Å². The quantitative estimate of drug-likeness (QED) is 0.773. The van der Waals surface area contributed by atoms with Gasteiger partial charge in [0.15, 0.2) is 0 Å². The van der Waals surface area contributed by atoms with Crippen LogP contribution in [0.1, 0.15) is 24.5 Å². The summed E-state index contributed by atoms with van der Waals surface area (Å²) < 4.78 is 0. The van der Waals surface area contributed by atoms with Gasteiger partial charge in [-0.05, 0) is 37.6 Å². The molecule has 0 unspecified atom stereocenters. The minimum Gasteiger partial charge on any atom is -0.355 e. The van der Waals surface area contributed by atoms with Crippen LogP contribution in [0.2, 0.25) is 0 Å². The average molecular weight is 264 g/mol. The highest BCUT2D eigenvalue weighted by Gasteiger charge is 2.10. The molecule has 1 heterocycles. The fourth-order valence-corrected chi connectivity index (χ4v) is 1.94. The Labute approximate surface area is 115 Å². The number of rotatable bonds is 7. The predicted octanol–water partition coefficient (Wildman–Crippen LogP) is 1.07. The fraction of sp³-hybridized carbons (Fsp3) is 0.571. The normalized spacial score (nSPS) is 10.3. The predicted molar refractivity (Wildman–Crippen MR) is 78.3 cm³/mol. The van der Waals surface area contributed by atoms with Crippen molar-refractivity contribution in [2.75, 3.05) is 32.1 Å². The lowest BCUT2D eigenvalue weighted by Crippen LogP contribution is -2.36. The Morgan fingerprint density at radius 1 is 1.47 bits per heavy atom. The highest BCUT2D eigenvalue weighted by Crippen LogP contribution is 2.16. The summed E-state index contributed by atoms with van der Waals surface area (Å²) in [6.45, 7) is 5.91. The second-order valence-corrected chi connectivity index (χ2v) is 4.72. The molecular formula is C14H24N4O. The number of amides is 1. The Balaban J connectivity index is 2.66. The van der Waals surface area contributed by atoms with E-state index in [0.717, 1.165) is 36.5 Å². The molecule has 5 heteroatoms. The first-order valence-electron chi connectivity index (χ1n) is 6.66. The maximum Gasteiger partial charge on any atom is 0.239 e. The van der Waals surface area contributed by atoms with E-state index in [1.807, 2.05) is 39.0 Å². The van der Waals surface area contributed by atoms with Crippen LogP contribution < -0.4 is 15.5 Å². The van der Waals surface area contributed by atoms with Gasteiger partial charge in [0.25, 0.3) is 0 Å². The summed E-state index contributed by atoms with van der Waals surface area (Å²) in [6, 6.07) is 2.10. The molecule has 0 saturated heterocycles. The van der Waals surface area contributed by atoms with Crippen molar-refractivity contribution in [3.63, 3.8) is 0 Å². The number of pyridine rings is 1. The van der Waals surface area contributed by atoms with E-state index in [4.69, 9.17) is 0 Å². The van der Waals surface area contributed by atoms with Crippen molar-refractivity contribution in [1.29, 1.82) is 0 Å². The van der Waals surface area contributed by atoms with Gasteiger partial charge in [0.05, 0.1) is 6.54 Å². The number of hydrogen-bond donors (Lipinski definition) is 2. The minimum absolute atomic E-state index is 0.0323. The zero-order valence-corrected chi connectivity index (χ0v) is 12.3. The molecule has 0 aliphatic carbocycles. The van der Waals surface area contributed by atoms with Gasteiger partial charge in [-0.1, -0.05) is 6.92 Å². The van der Waals surface area contributed by atoms with Crippen molar-refractivity contribution in [3.8, 4) is 0 Å². The van der Waals surface area contributed by atoms with Crippen LogP contribution in [0.5, 0.6) is 0 Å². The van der Waals surface area contributed by atoms with Gasteiger partial charge in [-0.3, -0.25) is 4.79 Å². The number of aryl methyl sites for hydroxylation is 1. The van der Waals surface area contributed by atoms with Crippen LogP contribution in [0.25, 0.3) is 0 Å². The molecule has 0 aromatic carbocycles. The second kappa shape index (κ2) is 7.74. The first-order chi connectivity index (χ1) is 9.08. The van der Waals surface area contributed by atoms with E-state index < -0.39 is 0 Å². The first kappa shape index (κ1) is 15.4. The van der Waals surface area contributed by atoms with Crippen molar-refractivity contribution in [1.82, 2.24) is 15.6 Å². The monoisotopic (exact) mass is 264 g/mol. The number of anilines is 1. The summed E-state index contributed by atoms with van der Waals surface area (Å²) in [6.07, 6.45) is 2.80. The molecule has 1 rings (SSSR count). The van der Waals surface area contributed by atoms with Crippen LogP contribution in [0.15, 0.2) is 12.3 Å². The van der Waals surface area contributed by atoms with E-state index in [1.165, 1.54) is 0 Å². The number of nitrogens with zero attached hydrogens (tertiary/aromatic N) is 2. The van der Waals surface area contributed by atoms with Crippen LogP contribution in [-0.2, 0) is 11.3 Å². The lowest BCUT2D eigenvalue weighted by molar-refractivity contribution is -0.119. The maximum atomic E-state index is 11.7. The highest BCUT2D eigenvalue weighted by molar-refractivity contribution is 5.81. The molecule has 0 aliphatic rings. The Morgan fingerprint density at radius 2 is 2.21 bits per heavy atom. The Bertz CT molecular complexity index is 420. The minimum atomic E-state index is 0.0323. The largest absolute Gasteiger partial charge is 0.355 e. The van der Waals surface area contributed by atoms with Gasteiger partial charge in [0, 0.05) is 26.3 Å². The van der Waals surface area contributed by atoms with E-state index >= 15 is 0 Å². The van der Waals surface area contributed by atoms with Crippen molar-refractivity contribution in [2.24, 2.45) is 0 Å². The van der Waals surface area contributed by atoms with Crippen LogP contribution >= 0.6 is 0 Å². The van der Waals surface area contributed by atoms with Crippen molar-refractivity contribution >= 4 is 11.7 Å². The van der Waals surface area contributed by atoms with E-state index in [9.17, 15) is 4.79 Å². The smallest absolute Gasteiger partial charge is 0.239 e. The summed E-state index contributed by atoms with van der Waals surface area (Å²) >= 11 is 0. The summed E-state index contributed by atoms with van der Waals surface area (Å²) in [5.74, 6) is 0.886. The molecule has 0 bridgehead atoms. The van der Waals surface area contributed by atoms with Crippen LogP contribution in [0, 0.1) is 6.92 Å². The molecule has 0 saturated carbocycles. The molecule has 0 radical (unpaired) electrons. The van der Waals surface area contributed by atoms with Gasteiger partial charge in [-0.25, -0.2) is 4.98 Å². The van der Waals surface area contributed by atoms with Gasteiger partial charge in [-0.2, -0.15) is 0 Å². The standard InChI is InChI=1S/C14H24N4O/c1-5-6-16-13(19)10-18(4)14-11(2)7-12(8-15-3)9-17-14/h7,9,15H,5-6,8,10H2,1-4H3,(H,16,19). The molecule has 0 spiro atoms. The van der Waals surface area contributed by atoms with E-state index in [-0.39, 0.29) is 5.91 Å². The molecule has 0 atom stereocenters. The molecule has 0 aliphatic heterocycles. The molecule has 5 nitrogen and oxygen atoms in total. The van der Waals surface area contributed by atoms with E-state index in [0.29, 0.717) is 6.54 Å². The molecule has 106 valence electrons. The molecule has 1 aromatic rings. The third-order valence-corrected chi connectivity index (χ3v) is 2.80. The number of likely N-dealkylation sites (N-methyl/N-ethyl adjacent to an activating group) is 1. The number of carbonyl (C=O) groups is 1.